The van der Waals surface area contributed by atoms with E-state index in [1.54, 1.807) is 6.07 Å². The van der Waals surface area contributed by atoms with E-state index in [0.29, 0.717) is 5.65 Å². The summed E-state index contributed by atoms with van der Waals surface area (Å²) in [5, 5.41) is 27.1. The predicted octanol–water partition coefficient (Wildman–Crippen LogP) is 0.0922. The van der Waals surface area contributed by atoms with Gasteiger partial charge in [0, 0.05) is 12.6 Å². The van der Waals surface area contributed by atoms with Crippen LogP contribution in [0.1, 0.15) is 19.8 Å². The summed E-state index contributed by atoms with van der Waals surface area (Å²) >= 11 is 0. The quantitative estimate of drug-likeness (QED) is 0.745. The van der Waals surface area contributed by atoms with Gasteiger partial charge in [0.2, 0.25) is 0 Å². The van der Waals surface area contributed by atoms with Gasteiger partial charge in [-0.15, -0.1) is 14.8 Å². The summed E-state index contributed by atoms with van der Waals surface area (Å²) in [6.07, 6.45) is 1.67. The van der Waals surface area contributed by atoms with Gasteiger partial charge >= 0.3 is 0 Å². The highest BCUT2D eigenvalue weighted by Gasteiger charge is 2.04. The van der Waals surface area contributed by atoms with E-state index in [1.165, 1.54) is 4.63 Å². The van der Waals surface area contributed by atoms with Crippen molar-refractivity contribution < 1.29 is 5.11 Å². The molecule has 2 rings (SSSR count). The van der Waals surface area contributed by atoms with Gasteiger partial charge < -0.3 is 10.4 Å². The van der Waals surface area contributed by atoms with Crippen LogP contribution in [0.5, 0.6) is 0 Å². The number of tetrazole rings is 1. The number of aliphatic hydroxyl groups excluding tert-OH is 1. The zero-order chi connectivity index (χ0) is 11.4. The second kappa shape index (κ2) is 4.84. The van der Waals surface area contributed by atoms with E-state index < -0.39 is 0 Å². The maximum Gasteiger partial charge on any atom is 0.200 e. The Morgan fingerprint density at radius 1 is 1.50 bits per heavy atom. The van der Waals surface area contributed by atoms with E-state index >= 15 is 0 Å². The normalized spacial score (nSPS) is 12.9. The highest BCUT2D eigenvalue weighted by molar-refractivity contribution is 5.42. The summed E-state index contributed by atoms with van der Waals surface area (Å²) in [4.78, 5) is 0. The molecule has 0 amide bonds. The molecule has 7 heteroatoms. The third-order valence-corrected chi connectivity index (χ3v) is 2.26. The van der Waals surface area contributed by atoms with Crippen LogP contribution in [0.15, 0.2) is 12.1 Å². The maximum absolute atomic E-state index is 8.72. The Balaban J connectivity index is 2.03. The molecule has 0 aliphatic heterocycles. The van der Waals surface area contributed by atoms with Gasteiger partial charge in [0.1, 0.15) is 5.82 Å². The number of fused-ring (bicyclic) bond motifs is 1. The smallest absolute Gasteiger partial charge is 0.200 e. The van der Waals surface area contributed by atoms with Crippen molar-refractivity contribution in [3.63, 3.8) is 0 Å². The summed E-state index contributed by atoms with van der Waals surface area (Å²) < 4.78 is 1.38. The van der Waals surface area contributed by atoms with E-state index in [9.17, 15) is 0 Å². The number of aliphatic hydroxyl groups is 1. The van der Waals surface area contributed by atoms with Gasteiger partial charge in [0.15, 0.2) is 5.65 Å². The SMILES string of the molecule is CC(CCCO)Nc1ccc2nnnn2n1. The molecule has 7 nitrogen and oxygen atoms in total. The lowest BCUT2D eigenvalue weighted by molar-refractivity contribution is 0.282. The first-order chi connectivity index (χ1) is 7.79. The highest BCUT2D eigenvalue weighted by Crippen LogP contribution is 2.07. The topological polar surface area (TPSA) is 88.2 Å². The van der Waals surface area contributed by atoms with E-state index in [1.807, 2.05) is 13.0 Å². The van der Waals surface area contributed by atoms with E-state index in [-0.39, 0.29) is 12.6 Å². The van der Waals surface area contributed by atoms with Gasteiger partial charge in [-0.2, -0.15) is 0 Å². The molecule has 0 aromatic carbocycles. The minimum absolute atomic E-state index is 0.214. The minimum Gasteiger partial charge on any atom is -0.396 e. The van der Waals surface area contributed by atoms with Crippen LogP contribution >= 0.6 is 0 Å². The molecule has 2 heterocycles. The number of rotatable bonds is 5. The molecule has 0 fully saturated rings. The van der Waals surface area contributed by atoms with E-state index in [2.05, 4.69) is 25.9 Å². The monoisotopic (exact) mass is 222 g/mol. The lowest BCUT2D eigenvalue weighted by Gasteiger charge is -2.12. The van der Waals surface area contributed by atoms with Crippen LogP contribution in [0.2, 0.25) is 0 Å². The molecule has 0 saturated carbocycles. The Labute approximate surface area is 92.5 Å². The molecule has 0 spiro atoms. The molecule has 2 aromatic heterocycles. The van der Waals surface area contributed by atoms with Crippen molar-refractivity contribution in [2.24, 2.45) is 0 Å². The molecule has 2 N–H and O–H groups in total. The van der Waals surface area contributed by atoms with Crippen molar-refractivity contribution >= 4 is 11.5 Å². The van der Waals surface area contributed by atoms with E-state index in [4.69, 9.17) is 5.11 Å². The van der Waals surface area contributed by atoms with Crippen LogP contribution in [0, 0.1) is 0 Å². The zero-order valence-electron chi connectivity index (χ0n) is 9.04. The van der Waals surface area contributed by atoms with Crippen molar-refractivity contribution in [1.82, 2.24) is 25.3 Å². The van der Waals surface area contributed by atoms with Crippen LogP contribution in [0.3, 0.4) is 0 Å². The summed E-state index contributed by atoms with van der Waals surface area (Å²) in [5.74, 6) is 0.727. The van der Waals surface area contributed by atoms with Crippen LogP contribution < -0.4 is 5.32 Å². The van der Waals surface area contributed by atoms with Crippen molar-refractivity contribution in [2.45, 2.75) is 25.8 Å². The summed E-state index contributed by atoms with van der Waals surface area (Å²) in [6, 6.07) is 3.89. The second-order valence-corrected chi connectivity index (χ2v) is 3.66. The van der Waals surface area contributed by atoms with Gasteiger partial charge in [-0.05, 0) is 42.3 Å². The number of anilines is 1. The van der Waals surface area contributed by atoms with Crippen LogP contribution in [-0.4, -0.2) is 43.0 Å². The average molecular weight is 222 g/mol. The Hall–Kier alpha value is -1.76. The minimum atomic E-state index is 0.214. The number of hydrogen-bond acceptors (Lipinski definition) is 6. The van der Waals surface area contributed by atoms with Crippen LogP contribution in [0.4, 0.5) is 5.82 Å². The first-order valence-electron chi connectivity index (χ1n) is 5.22. The second-order valence-electron chi connectivity index (χ2n) is 3.66. The highest BCUT2D eigenvalue weighted by atomic mass is 16.2. The first kappa shape index (κ1) is 10.7. The molecule has 0 aliphatic rings. The standard InChI is InChI=1S/C9H14N6O/c1-7(3-2-6-16)10-8-4-5-9-11-13-14-15(9)12-8/h4-5,7,16H,2-3,6H2,1H3,(H,10,12). The van der Waals surface area contributed by atoms with Crippen molar-refractivity contribution in [3.8, 4) is 0 Å². The summed E-state index contributed by atoms with van der Waals surface area (Å²) in [5.41, 5.74) is 0.619. The van der Waals surface area contributed by atoms with Crippen LogP contribution in [0.25, 0.3) is 5.65 Å². The third kappa shape index (κ3) is 2.43. The molecule has 2 aromatic rings. The molecule has 1 unspecified atom stereocenters. The van der Waals surface area contributed by atoms with Crippen LogP contribution in [-0.2, 0) is 0 Å². The molecule has 16 heavy (non-hydrogen) atoms. The lowest BCUT2D eigenvalue weighted by atomic mass is 10.2. The molecule has 0 bridgehead atoms. The maximum atomic E-state index is 8.72. The molecule has 1 atom stereocenters. The van der Waals surface area contributed by atoms with Gasteiger partial charge in [-0.3, -0.25) is 0 Å². The van der Waals surface area contributed by atoms with Crippen molar-refractivity contribution in [1.29, 1.82) is 0 Å². The molecule has 0 aliphatic carbocycles. The number of hydrogen-bond donors (Lipinski definition) is 2. The van der Waals surface area contributed by atoms with Crippen molar-refractivity contribution in [3.05, 3.63) is 12.1 Å². The van der Waals surface area contributed by atoms with Crippen molar-refractivity contribution in [2.75, 3.05) is 11.9 Å². The van der Waals surface area contributed by atoms with Gasteiger partial charge in [-0.1, -0.05) is 0 Å². The van der Waals surface area contributed by atoms with Gasteiger partial charge in [0.05, 0.1) is 0 Å². The van der Waals surface area contributed by atoms with Gasteiger partial charge in [0.25, 0.3) is 0 Å². The Kier molecular flexibility index (Phi) is 3.25. The molecule has 0 saturated heterocycles. The van der Waals surface area contributed by atoms with Gasteiger partial charge in [-0.25, -0.2) is 0 Å². The largest absolute Gasteiger partial charge is 0.396 e. The molecular formula is C9H14N6O. The number of nitrogens with one attached hydrogen (secondary N) is 1. The Morgan fingerprint density at radius 2 is 2.38 bits per heavy atom. The average Bonchev–Trinajstić information content (AvgIpc) is 2.73. The number of nitrogens with zero attached hydrogens (tertiary/aromatic N) is 5. The molecular weight excluding hydrogens is 208 g/mol. The Bertz CT molecular complexity index is 456. The number of aromatic nitrogens is 5. The lowest BCUT2D eigenvalue weighted by Crippen LogP contribution is -2.17. The predicted molar refractivity (Wildman–Crippen MR) is 58.0 cm³/mol. The fourth-order valence-corrected chi connectivity index (χ4v) is 1.45. The van der Waals surface area contributed by atoms with E-state index in [0.717, 1.165) is 18.7 Å². The fraction of sp³-hybridized carbons (Fsp3) is 0.556. The molecule has 86 valence electrons. The Morgan fingerprint density at radius 3 is 3.19 bits per heavy atom. The zero-order valence-corrected chi connectivity index (χ0v) is 9.04. The summed E-state index contributed by atoms with van der Waals surface area (Å²) in [6.45, 7) is 2.26. The first-order valence-corrected chi connectivity index (χ1v) is 5.22. The fourth-order valence-electron chi connectivity index (χ4n) is 1.45. The third-order valence-electron chi connectivity index (χ3n) is 2.26. The molecule has 0 radical (unpaired) electrons. The summed E-state index contributed by atoms with van der Waals surface area (Å²) in [7, 11) is 0.